The van der Waals surface area contributed by atoms with Gasteiger partial charge in [-0.2, -0.15) is 0 Å². The van der Waals surface area contributed by atoms with Gasteiger partial charge >= 0.3 is 5.76 Å². The summed E-state index contributed by atoms with van der Waals surface area (Å²) in [6.45, 7) is 1.43. The van der Waals surface area contributed by atoms with Crippen LogP contribution in [0.15, 0.2) is 32.3 Å². The normalized spacial score (nSPS) is 19.8. The van der Waals surface area contributed by atoms with Gasteiger partial charge in [-0.05, 0) is 25.1 Å². The van der Waals surface area contributed by atoms with E-state index in [4.69, 9.17) is 4.42 Å². The number of hydrogen-bond donors (Lipinski definition) is 2. The molecule has 20 heavy (non-hydrogen) atoms. The number of sulfonamides is 1. The molecule has 7 nitrogen and oxygen atoms in total. The van der Waals surface area contributed by atoms with Gasteiger partial charge in [0, 0.05) is 25.7 Å². The highest BCUT2D eigenvalue weighted by atomic mass is 32.2. The Labute approximate surface area is 115 Å². The number of aryl methyl sites for hydroxylation is 1. The van der Waals surface area contributed by atoms with Gasteiger partial charge in [0.25, 0.3) is 0 Å². The molecule has 1 aliphatic heterocycles. The number of rotatable bonds is 3. The van der Waals surface area contributed by atoms with Crippen molar-refractivity contribution >= 4 is 21.1 Å². The summed E-state index contributed by atoms with van der Waals surface area (Å²) in [5.41, 5.74) is 0.835. The van der Waals surface area contributed by atoms with E-state index in [9.17, 15) is 13.2 Å². The Kier molecular flexibility index (Phi) is 3.15. The Hall–Kier alpha value is -1.64. The van der Waals surface area contributed by atoms with Gasteiger partial charge in [-0.15, -0.1) is 0 Å². The van der Waals surface area contributed by atoms with Crippen LogP contribution in [0.25, 0.3) is 11.1 Å². The summed E-state index contributed by atoms with van der Waals surface area (Å²) in [7, 11) is -2.03. The second-order valence-corrected chi connectivity index (χ2v) is 6.58. The highest BCUT2D eigenvalue weighted by molar-refractivity contribution is 7.89. The highest BCUT2D eigenvalue weighted by Crippen LogP contribution is 2.18. The van der Waals surface area contributed by atoms with Gasteiger partial charge in [0.1, 0.15) is 0 Å². The molecule has 0 saturated carbocycles. The van der Waals surface area contributed by atoms with Gasteiger partial charge in [-0.25, -0.2) is 17.9 Å². The molecule has 1 aromatic carbocycles. The number of oxazole rings is 1. The third kappa shape index (κ3) is 2.26. The third-order valence-electron chi connectivity index (χ3n) is 3.46. The number of benzene rings is 1. The zero-order chi connectivity index (χ0) is 14.3. The molecule has 0 spiro atoms. The summed E-state index contributed by atoms with van der Waals surface area (Å²) in [6.07, 6.45) is 0.766. The molecule has 2 aromatic rings. The van der Waals surface area contributed by atoms with Crippen molar-refractivity contribution in [1.29, 1.82) is 0 Å². The molecule has 3 rings (SSSR count). The summed E-state index contributed by atoms with van der Waals surface area (Å²) in [4.78, 5) is 11.5. The fraction of sp³-hybridized carbons (Fsp3) is 0.417. The van der Waals surface area contributed by atoms with Crippen molar-refractivity contribution in [2.24, 2.45) is 7.05 Å². The number of nitrogens with zero attached hydrogens (tertiary/aromatic N) is 1. The van der Waals surface area contributed by atoms with E-state index in [1.54, 1.807) is 13.1 Å². The molecular weight excluding hydrogens is 282 g/mol. The Morgan fingerprint density at radius 3 is 2.95 bits per heavy atom. The third-order valence-corrected chi connectivity index (χ3v) is 4.97. The van der Waals surface area contributed by atoms with Crippen LogP contribution in [0.2, 0.25) is 0 Å². The summed E-state index contributed by atoms with van der Waals surface area (Å²) >= 11 is 0. The van der Waals surface area contributed by atoms with E-state index in [1.807, 2.05) is 0 Å². The number of fused-ring (bicyclic) bond motifs is 1. The maximum atomic E-state index is 12.3. The lowest BCUT2D eigenvalue weighted by molar-refractivity contribution is 0.527. The summed E-state index contributed by atoms with van der Waals surface area (Å²) in [5, 5.41) is 3.10. The first-order valence-electron chi connectivity index (χ1n) is 6.30. The van der Waals surface area contributed by atoms with E-state index >= 15 is 0 Å². The van der Waals surface area contributed by atoms with E-state index < -0.39 is 15.8 Å². The first-order valence-corrected chi connectivity index (χ1v) is 7.78. The molecular formula is C12H15N3O4S. The zero-order valence-electron chi connectivity index (χ0n) is 10.9. The maximum Gasteiger partial charge on any atom is 0.419 e. The summed E-state index contributed by atoms with van der Waals surface area (Å²) in [6, 6.07) is 4.32. The number of aromatic nitrogens is 1. The van der Waals surface area contributed by atoms with Gasteiger partial charge < -0.3 is 9.73 Å². The van der Waals surface area contributed by atoms with Gasteiger partial charge in [-0.1, -0.05) is 0 Å². The molecule has 1 aromatic heterocycles. The Bertz CT molecular complexity index is 800. The molecule has 0 bridgehead atoms. The monoisotopic (exact) mass is 297 g/mol. The van der Waals surface area contributed by atoms with Crippen LogP contribution < -0.4 is 15.8 Å². The first-order chi connectivity index (χ1) is 9.47. The predicted octanol–water partition coefficient (Wildman–Crippen LogP) is -0.228. The molecule has 8 heteroatoms. The van der Waals surface area contributed by atoms with Crippen LogP contribution >= 0.6 is 0 Å². The van der Waals surface area contributed by atoms with Crippen LogP contribution in [0.5, 0.6) is 0 Å². The van der Waals surface area contributed by atoms with Crippen LogP contribution in [0.1, 0.15) is 6.42 Å². The molecule has 1 saturated heterocycles. The smallest absolute Gasteiger partial charge is 0.408 e. The van der Waals surface area contributed by atoms with E-state index in [2.05, 4.69) is 10.0 Å². The van der Waals surface area contributed by atoms with Crippen molar-refractivity contribution in [3.8, 4) is 0 Å². The van der Waals surface area contributed by atoms with E-state index in [1.165, 1.54) is 16.7 Å². The van der Waals surface area contributed by atoms with Gasteiger partial charge in [-0.3, -0.25) is 4.57 Å². The second-order valence-electron chi connectivity index (χ2n) is 4.87. The summed E-state index contributed by atoms with van der Waals surface area (Å²) in [5.74, 6) is -0.512. The molecule has 2 N–H and O–H groups in total. The van der Waals surface area contributed by atoms with Crippen molar-refractivity contribution in [2.75, 3.05) is 13.1 Å². The topological polar surface area (TPSA) is 93.3 Å². The average Bonchev–Trinajstić information content (AvgIpc) is 2.98. The van der Waals surface area contributed by atoms with E-state index in [0.717, 1.165) is 13.0 Å². The minimum Gasteiger partial charge on any atom is -0.408 e. The van der Waals surface area contributed by atoms with Gasteiger partial charge in [0.05, 0.1) is 10.4 Å². The molecule has 0 amide bonds. The number of nitrogens with one attached hydrogen (secondary N) is 2. The Balaban J connectivity index is 1.98. The standard InChI is InChI=1S/C12H15N3O4S/c1-15-10-3-2-9(6-11(10)19-12(15)16)20(17,18)14-8-4-5-13-7-8/h2-3,6,8,13-14H,4-5,7H2,1H3. The molecule has 1 unspecified atom stereocenters. The fourth-order valence-electron chi connectivity index (χ4n) is 2.32. The molecule has 0 radical (unpaired) electrons. The van der Waals surface area contributed by atoms with Gasteiger partial charge in [0.2, 0.25) is 10.0 Å². The van der Waals surface area contributed by atoms with Crippen LogP contribution in [0, 0.1) is 0 Å². The molecule has 0 aliphatic carbocycles. The van der Waals surface area contributed by atoms with E-state index in [0.29, 0.717) is 12.1 Å². The highest BCUT2D eigenvalue weighted by Gasteiger charge is 2.23. The lowest BCUT2D eigenvalue weighted by Crippen LogP contribution is -2.36. The first kappa shape index (κ1) is 13.3. The van der Waals surface area contributed by atoms with E-state index in [-0.39, 0.29) is 16.5 Å². The van der Waals surface area contributed by atoms with Crippen LogP contribution in [0.3, 0.4) is 0 Å². The maximum absolute atomic E-state index is 12.3. The molecule has 1 aliphatic rings. The minimum atomic E-state index is -3.60. The quantitative estimate of drug-likeness (QED) is 0.816. The predicted molar refractivity (Wildman–Crippen MR) is 73.1 cm³/mol. The SMILES string of the molecule is Cn1c(=O)oc2cc(S(=O)(=O)NC3CCNC3)ccc21. The van der Waals surface area contributed by atoms with Crippen molar-refractivity contribution < 1.29 is 12.8 Å². The zero-order valence-corrected chi connectivity index (χ0v) is 11.7. The second kappa shape index (κ2) is 4.72. The number of hydrogen-bond acceptors (Lipinski definition) is 5. The minimum absolute atomic E-state index is 0.0986. The molecule has 2 heterocycles. The van der Waals surface area contributed by atoms with Crippen molar-refractivity contribution in [3.05, 3.63) is 28.7 Å². The van der Waals surface area contributed by atoms with Crippen LogP contribution in [-0.4, -0.2) is 32.1 Å². The Morgan fingerprint density at radius 2 is 2.25 bits per heavy atom. The van der Waals surface area contributed by atoms with Crippen LogP contribution in [-0.2, 0) is 17.1 Å². The van der Waals surface area contributed by atoms with Crippen molar-refractivity contribution in [1.82, 2.24) is 14.6 Å². The summed E-state index contributed by atoms with van der Waals surface area (Å²) < 4.78 is 33.5. The largest absolute Gasteiger partial charge is 0.419 e. The van der Waals surface area contributed by atoms with Crippen molar-refractivity contribution in [2.45, 2.75) is 17.4 Å². The lowest BCUT2D eigenvalue weighted by atomic mass is 10.3. The van der Waals surface area contributed by atoms with Gasteiger partial charge in [0.15, 0.2) is 5.58 Å². The molecule has 1 fully saturated rings. The van der Waals surface area contributed by atoms with Crippen LogP contribution in [0.4, 0.5) is 0 Å². The van der Waals surface area contributed by atoms with Crippen molar-refractivity contribution in [3.63, 3.8) is 0 Å². The molecule has 108 valence electrons. The fourth-order valence-corrected chi connectivity index (χ4v) is 3.61. The Morgan fingerprint density at radius 1 is 1.45 bits per heavy atom. The lowest BCUT2D eigenvalue weighted by Gasteiger charge is -2.11. The molecule has 1 atom stereocenters. The average molecular weight is 297 g/mol.